The van der Waals surface area contributed by atoms with Gasteiger partial charge >= 0.3 is 0 Å². The van der Waals surface area contributed by atoms with Crippen molar-refractivity contribution in [3.8, 4) is 11.8 Å². The molecule has 2 N–H and O–H groups in total. The molecule has 21 heavy (non-hydrogen) atoms. The summed E-state index contributed by atoms with van der Waals surface area (Å²) in [5.41, 5.74) is 1.30. The second-order valence-electron chi connectivity index (χ2n) is 5.04. The Morgan fingerprint density at radius 1 is 1.57 bits per heavy atom. The molecule has 0 bridgehead atoms. The van der Waals surface area contributed by atoms with Crippen molar-refractivity contribution in [3.05, 3.63) is 28.8 Å². The van der Waals surface area contributed by atoms with Crippen LogP contribution in [-0.2, 0) is 9.53 Å². The van der Waals surface area contributed by atoms with Gasteiger partial charge in [-0.3, -0.25) is 4.79 Å². The smallest absolute Gasteiger partial charge is 0.229 e. The molecule has 2 rings (SSSR count). The zero-order valence-electron chi connectivity index (χ0n) is 11.9. The van der Waals surface area contributed by atoms with E-state index < -0.39 is 0 Å². The second kappa shape index (κ2) is 7.46. The fourth-order valence-corrected chi connectivity index (χ4v) is 2.32. The van der Waals surface area contributed by atoms with Gasteiger partial charge in [-0.2, -0.15) is 0 Å². The summed E-state index contributed by atoms with van der Waals surface area (Å²) < 4.78 is 5.40. The van der Waals surface area contributed by atoms with Crippen molar-refractivity contribution in [2.45, 2.75) is 25.9 Å². The highest BCUT2D eigenvalue weighted by Crippen LogP contribution is 2.26. The summed E-state index contributed by atoms with van der Waals surface area (Å²) in [5, 5.41) is 12.0. The monoisotopic (exact) mass is 307 g/mol. The van der Waals surface area contributed by atoms with E-state index in [4.69, 9.17) is 21.4 Å². The van der Waals surface area contributed by atoms with E-state index in [-0.39, 0.29) is 24.5 Å². The Bertz CT molecular complexity index is 577. The Morgan fingerprint density at radius 3 is 3.05 bits per heavy atom. The lowest BCUT2D eigenvalue weighted by Gasteiger charge is -2.11. The zero-order valence-corrected chi connectivity index (χ0v) is 12.6. The highest BCUT2D eigenvalue weighted by Gasteiger charge is 2.28. The summed E-state index contributed by atoms with van der Waals surface area (Å²) in [6.07, 6.45) is 1.26. The number of aliphatic hydroxyl groups excluding tert-OH is 1. The van der Waals surface area contributed by atoms with Gasteiger partial charge in [0, 0.05) is 12.0 Å². The molecule has 0 aliphatic carbocycles. The summed E-state index contributed by atoms with van der Waals surface area (Å²) in [6, 6.07) is 5.22. The number of hydrogen-bond acceptors (Lipinski definition) is 3. The first-order chi connectivity index (χ1) is 10.1. The average molecular weight is 308 g/mol. The van der Waals surface area contributed by atoms with Gasteiger partial charge in [0.2, 0.25) is 5.91 Å². The average Bonchev–Trinajstić information content (AvgIpc) is 2.89. The minimum Gasteiger partial charge on any atom is -0.395 e. The number of ether oxygens (including phenoxy) is 1. The van der Waals surface area contributed by atoms with Crippen molar-refractivity contribution in [1.82, 2.24) is 0 Å². The summed E-state index contributed by atoms with van der Waals surface area (Å²) in [4.78, 5) is 12.2. The predicted octanol–water partition coefficient (Wildman–Crippen LogP) is 2.44. The van der Waals surface area contributed by atoms with E-state index in [1.165, 1.54) is 0 Å². The molecule has 1 aromatic rings. The Balaban J connectivity index is 2.07. The molecule has 2 atom stereocenters. The largest absolute Gasteiger partial charge is 0.395 e. The number of halogens is 1. The quantitative estimate of drug-likeness (QED) is 0.843. The molecule has 1 heterocycles. The minimum atomic E-state index is -0.139. The van der Waals surface area contributed by atoms with Crippen LogP contribution in [0.4, 0.5) is 5.69 Å². The van der Waals surface area contributed by atoms with Crippen molar-refractivity contribution < 1.29 is 14.6 Å². The van der Waals surface area contributed by atoms with Gasteiger partial charge in [-0.25, -0.2) is 0 Å². The highest BCUT2D eigenvalue weighted by atomic mass is 35.5. The summed E-state index contributed by atoms with van der Waals surface area (Å²) in [7, 11) is 0. The molecule has 5 heteroatoms. The molecule has 0 spiro atoms. The molecule has 0 saturated carbocycles. The van der Waals surface area contributed by atoms with Crippen LogP contribution in [0.3, 0.4) is 0 Å². The lowest BCUT2D eigenvalue weighted by molar-refractivity contribution is -0.119. The van der Waals surface area contributed by atoms with Crippen LogP contribution >= 0.6 is 11.6 Å². The maximum atomic E-state index is 12.2. The number of rotatable bonds is 3. The number of aliphatic hydroxyl groups is 1. The van der Waals surface area contributed by atoms with E-state index in [0.717, 1.165) is 12.0 Å². The molecule has 112 valence electrons. The third kappa shape index (κ3) is 4.47. The SMILES string of the molecule is CC1CC(C(=O)Nc2cc(C#CCCO)ccc2Cl)CO1. The number of benzene rings is 1. The molecule has 4 nitrogen and oxygen atoms in total. The third-order valence-electron chi connectivity index (χ3n) is 3.26. The summed E-state index contributed by atoms with van der Waals surface area (Å²) in [6.45, 7) is 2.43. The Labute approximate surface area is 129 Å². The van der Waals surface area contributed by atoms with Gasteiger partial charge in [-0.15, -0.1) is 0 Å². The lowest BCUT2D eigenvalue weighted by Crippen LogP contribution is -2.23. The molecule has 1 aromatic carbocycles. The summed E-state index contributed by atoms with van der Waals surface area (Å²) in [5.74, 6) is 5.53. The van der Waals surface area contributed by atoms with Crippen molar-refractivity contribution in [2.24, 2.45) is 5.92 Å². The van der Waals surface area contributed by atoms with Gasteiger partial charge in [-0.1, -0.05) is 23.4 Å². The van der Waals surface area contributed by atoms with Crippen LogP contribution in [0, 0.1) is 17.8 Å². The molecule has 1 aliphatic heterocycles. The molecule has 2 unspecified atom stereocenters. The van der Waals surface area contributed by atoms with Crippen molar-refractivity contribution in [1.29, 1.82) is 0 Å². The highest BCUT2D eigenvalue weighted by molar-refractivity contribution is 6.33. The number of amides is 1. The number of carbonyl (C=O) groups is 1. The molecule has 0 aromatic heterocycles. The van der Waals surface area contributed by atoms with Gasteiger partial charge in [-0.05, 0) is 31.5 Å². The van der Waals surface area contributed by atoms with Gasteiger partial charge in [0.05, 0.1) is 35.9 Å². The second-order valence-corrected chi connectivity index (χ2v) is 5.44. The van der Waals surface area contributed by atoms with E-state index >= 15 is 0 Å². The van der Waals surface area contributed by atoms with E-state index in [2.05, 4.69) is 17.2 Å². The fraction of sp³-hybridized carbons (Fsp3) is 0.438. The van der Waals surface area contributed by atoms with Crippen LogP contribution in [-0.4, -0.2) is 30.3 Å². The van der Waals surface area contributed by atoms with Crippen molar-refractivity contribution >= 4 is 23.2 Å². The maximum absolute atomic E-state index is 12.2. The molecule has 1 aliphatic rings. The van der Waals surface area contributed by atoms with E-state index in [1.807, 2.05) is 6.92 Å². The standard InChI is InChI=1S/C16H18ClNO3/c1-11-8-13(10-21-11)16(20)18-15-9-12(4-2-3-7-19)5-6-14(15)17/h5-6,9,11,13,19H,3,7-8,10H2,1H3,(H,18,20). The van der Waals surface area contributed by atoms with E-state index in [1.54, 1.807) is 18.2 Å². The molecule has 1 amide bonds. The third-order valence-corrected chi connectivity index (χ3v) is 3.59. The normalized spacial score (nSPS) is 20.7. The zero-order chi connectivity index (χ0) is 15.2. The molecule has 1 saturated heterocycles. The molecule has 0 radical (unpaired) electrons. The first-order valence-corrected chi connectivity index (χ1v) is 7.29. The van der Waals surface area contributed by atoms with Crippen molar-refractivity contribution in [3.63, 3.8) is 0 Å². The van der Waals surface area contributed by atoms with Crippen LogP contribution in [0.15, 0.2) is 18.2 Å². The van der Waals surface area contributed by atoms with Gasteiger partial charge in [0.25, 0.3) is 0 Å². The minimum absolute atomic E-state index is 0.0318. The number of hydrogen-bond donors (Lipinski definition) is 2. The Kier molecular flexibility index (Phi) is 5.63. The fourth-order valence-electron chi connectivity index (χ4n) is 2.15. The van der Waals surface area contributed by atoms with Crippen LogP contribution in [0.25, 0.3) is 0 Å². The first kappa shape index (κ1) is 15.8. The first-order valence-electron chi connectivity index (χ1n) is 6.92. The van der Waals surface area contributed by atoms with Crippen LogP contribution in [0.1, 0.15) is 25.3 Å². The summed E-state index contributed by atoms with van der Waals surface area (Å²) >= 11 is 6.10. The molecular weight excluding hydrogens is 290 g/mol. The number of carbonyl (C=O) groups excluding carboxylic acids is 1. The van der Waals surface area contributed by atoms with E-state index in [0.29, 0.717) is 23.7 Å². The molecule has 1 fully saturated rings. The Morgan fingerprint density at radius 2 is 2.38 bits per heavy atom. The van der Waals surface area contributed by atoms with Gasteiger partial charge in [0.1, 0.15) is 0 Å². The van der Waals surface area contributed by atoms with Crippen LogP contribution in [0.5, 0.6) is 0 Å². The number of anilines is 1. The molecular formula is C16H18ClNO3. The van der Waals surface area contributed by atoms with Gasteiger partial charge in [0.15, 0.2) is 0 Å². The van der Waals surface area contributed by atoms with Gasteiger partial charge < -0.3 is 15.2 Å². The van der Waals surface area contributed by atoms with Crippen LogP contribution < -0.4 is 5.32 Å². The van der Waals surface area contributed by atoms with Crippen molar-refractivity contribution in [2.75, 3.05) is 18.5 Å². The predicted molar refractivity (Wildman–Crippen MR) is 82.2 cm³/mol. The lowest BCUT2D eigenvalue weighted by atomic mass is 10.1. The van der Waals surface area contributed by atoms with Crippen LogP contribution in [0.2, 0.25) is 5.02 Å². The topological polar surface area (TPSA) is 58.6 Å². The van der Waals surface area contributed by atoms with E-state index in [9.17, 15) is 4.79 Å². The number of nitrogens with one attached hydrogen (secondary N) is 1. The maximum Gasteiger partial charge on any atom is 0.229 e. The Hall–Kier alpha value is -1.54.